The molecule has 34 heavy (non-hydrogen) atoms. The highest BCUT2D eigenvalue weighted by Gasteiger charge is 2.21. The summed E-state index contributed by atoms with van der Waals surface area (Å²) in [6, 6.07) is 17.2. The van der Waals surface area contributed by atoms with Crippen molar-refractivity contribution in [2.45, 2.75) is 20.4 Å². The molecule has 0 saturated carbocycles. The third kappa shape index (κ3) is 3.89. The average Bonchev–Trinajstić information content (AvgIpc) is 3.28. The summed E-state index contributed by atoms with van der Waals surface area (Å²) in [5, 5.41) is 17.2. The van der Waals surface area contributed by atoms with Gasteiger partial charge in [0.15, 0.2) is 5.65 Å². The van der Waals surface area contributed by atoms with E-state index in [9.17, 15) is 5.26 Å². The first-order chi connectivity index (χ1) is 16.5. The van der Waals surface area contributed by atoms with Crippen molar-refractivity contribution in [1.29, 1.82) is 5.26 Å². The SMILES string of the molecule is Cc1cccc(CNc2nc3c(-c4ccncc4C)c(-c4cccc(C#N)c4)nc(N)n3n2)n1. The molecule has 9 nitrogen and oxygen atoms in total. The van der Waals surface area contributed by atoms with E-state index in [0.29, 0.717) is 29.4 Å². The van der Waals surface area contributed by atoms with Crippen LogP contribution in [0.1, 0.15) is 22.5 Å². The van der Waals surface area contributed by atoms with Gasteiger partial charge in [-0.05, 0) is 55.3 Å². The quantitative estimate of drug-likeness (QED) is 0.414. The van der Waals surface area contributed by atoms with Crippen molar-refractivity contribution in [2.75, 3.05) is 11.1 Å². The van der Waals surface area contributed by atoms with E-state index in [4.69, 9.17) is 10.7 Å². The molecule has 0 aliphatic rings. The maximum Gasteiger partial charge on any atom is 0.243 e. The molecule has 0 spiro atoms. The summed E-state index contributed by atoms with van der Waals surface area (Å²) in [5.74, 6) is 0.602. The smallest absolute Gasteiger partial charge is 0.243 e. The van der Waals surface area contributed by atoms with Crippen molar-refractivity contribution in [2.24, 2.45) is 0 Å². The van der Waals surface area contributed by atoms with Gasteiger partial charge in [-0.1, -0.05) is 18.2 Å². The molecular weight excluding hydrogens is 426 g/mol. The van der Waals surface area contributed by atoms with Crippen LogP contribution < -0.4 is 11.1 Å². The molecular formula is C25H21N9. The number of aromatic nitrogens is 6. The number of rotatable bonds is 5. The van der Waals surface area contributed by atoms with Gasteiger partial charge in [0.2, 0.25) is 11.9 Å². The van der Waals surface area contributed by atoms with Gasteiger partial charge in [-0.15, -0.1) is 5.10 Å². The summed E-state index contributed by atoms with van der Waals surface area (Å²) in [6.45, 7) is 4.39. The Bertz CT molecular complexity index is 1560. The van der Waals surface area contributed by atoms with E-state index >= 15 is 0 Å². The van der Waals surface area contributed by atoms with Crippen molar-refractivity contribution in [3.63, 3.8) is 0 Å². The number of pyridine rings is 2. The van der Waals surface area contributed by atoms with E-state index < -0.39 is 0 Å². The number of anilines is 2. The zero-order chi connectivity index (χ0) is 23.7. The first-order valence-electron chi connectivity index (χ1n) is 10.7. The fraction of sp³-hybridized carbons (Fsp3) is 0.120. The van der Waals surface area contributed by atoms with Crippen LogP contribution in [-0.4, -0.2) is 29.5 Å². The normalized spacial score (nSPS) is 10.9. The minimum absolute atomic E-state index is 0.192. The van der Waals surface area contributed by atoms with E-state index in [2.05, 4.69) is 31.4 Å². The average molecular weight is 448 g/mol. The van der Waals surface area contributed by atoms with Crippen LogP contribution in [0, 0.1) is 25.2 Å². The molecule has 4 aromatic heterocycles. The van der Waals surface area contributed by atoms with Crippen LogP contribution in [0.15, 0.2) is 60.9 Å². The molecule has 0 saturated heterocycles. The summed E-state index contributed by atoms with van der Waals surface area (Å²) in [4.78, 5) is 18.2. The number of nitrogen functional groups attached to an aromatic ring is 1. The number of aryl methyl sites for hydroxylation is 2. The van der Waals surface area contributed by atoms with Crippen LogP contribution in [0.2, 0.25) is 0 Å². The van der Waals surface area contributed by atoms with Gasteiger partial charge in [-0.3, -0.25) is 9.97 Å². The number of nitrogens with two attached hydrogens (primary N) is 1. The number of hydrogen-bond donors (Lipinski definition) is 2. The molecule has 9 heteroatoms. The molecule has 5 aromatic rings. The van der Waals surface area contributed by atoms with Gasteiger partial charge < -0.3 is 11.1 Å². The Labute approximate surface area is 196 Å². The topological polar surface area (TPSA) is 131 Å². The molecule has 0 aliphatic carbocycles. The van der Waals surface area contributed by atoms with Crippen LogP contribution >= 0.6 is 0 Å². The molecule has 4 heterocycles. The molecule has 0 fully saturated rings. The van der Waals surface area contributed by atoms with Crippen molar-refractivity contribution in [1.82, 2.24) is 29.5 Å². The maximum atomic E-state index is 9.40. The molecule has 0 unspecified atom stereocenters. The van der Waals surface area contributed by atoms with Crippen molar-refractivity contribution < 1.29 is 0 Å². The van der Waals surface area contributed by atoms with Crippen molar-refractivity contribution >= 4 is 17.5 Å². The first kappa shape index (κ1) is 21.0. The molecule has 0 radical (unpaired) electrons. The maximum absolute atomic E-state index is 9.40. The fourth-order valence-corrected chi connectivity index (χ4v) is 3.85. The van der Waals surface area contributed by atoms with Crippen LogP contribution in [0.3, 0.4) is 0 Å². The van der Waals surface area contributed by atoms with Gasteiger partial charge in [0.1, 0.15) is 0 Å². The molecule has 5 rings (SSSR count). The summed E-state index contributed by atoms with van der Waals surface area (Å²) >= 11 is 0. The second-order valence-electron chi connectivity index (χ2n) is 7.87. The minimum Gasteiger partial charge on any atom is -0.368 e. The number of nitrogens with zero attached hydrogens (tertiary/aromatic N) is 7. The van der Waals surface area contributed by atoms with E-state index in [1.54, 1.807) is 24.5 Å². The Morgan fingerprint density at radius 2 is 1.91 bits per heavy atom. The largest absolute Gasteiger partial charge is 0.368 e. The standard InChI is InChI=1S/C25H21N9/c1-15-13-28-10-9-20(15)21-22(18-7-4-6-17(11-18)12-26)31-24(27)34-23(21)32-25(33-34)29-14-19-8-3-5-16(2)30-19/h3-11,13H,14H2,1-2H3,(H2,27,31)(H,29,33). The monoisotopic (exact) mass is 447 g/mol. The lowest BCUT2D eigenvalue weighted by Crippen LogP contribution is -2.07. The number of benzene rings is 1. The number of fused-ring (bicyclic) bond motifs is 1. The Morgan fingerprint density at radius 1 is 1.06 bits per heavy atom. The van der Waals surface area contributed by atoms with Crippen LogP contribution in [-0.2, 0) is 6.54 Å². The summed E-state index contributed by atoms with van der Waals surface area (Å²) in [5.41, 5.74) is 13.2. The highest BCUT2D eigenvalue weighted by molar-refractivity contribution is 5.92. The third-order valence-corrected chi connectivity index (χ3v) is 5.44. The second kappa shape index (κ2) is 8.60. The Kier molecular flexibility index (Phi) is 5.32. The first-order valence-corrected chi connectivity index (χ1v) is 10.7. The Hall–Kier alpha value is -4.84. The molecule has 0 atom stereocenters. The summed E-state index contributed by atoms with van der Waals surface area (Å²) in [6.07, 6.45) is 3.51. The number of hydrogen-bond acceptors (Lipinski definition) is 8. The lowest BCUT2D eigenvalue weighted by molar-refractivity contribution is 0.926. The van der Waals surface area contributed by atoms with Gasteiger partial charge in [0.05, 0.1) is 35.1 Å². The van der Waals surface area contributed by atoms with E-state index in [0.717, 1.165) is 33.6 Å². The van der Waals surface area contributed by atoms with Crippen molar-refractivity contribution in [3.8, 4) is 28.5 Å². The fourth-order valence-electron chi connectivity index (χ4n) is 3.85. The highest BCUT2D eigenvalue weighted by Crippen LogP contribution is 2.36. The molecule has 0 aliphatic heterocycles. The molecule has 0 amide bonds. The van der Waals surface area contributed by atoms with Gasteiger partial charge in [0.25, 0.3) is 0 Å². The predicted molar refractivity (Wildman–Crippen MR) is 130 cm³/mol. The lowest BCUT2D eigenvalue weighted by Gasteiger charge is -2.13. The molecule has 1 aromatic carbocycles. The third-order valence-electron chi connectivity index (χ3n) is 5.44. The zero-order valence-electron chi connectivity index (χ0n) is 18.7. The van der Waals surface area contributed by atoms with Gasteiger partial charge in [0, 0.05) is 23.7 Å². The highest BCUT2D eigenvalue weighted by atomic mass is 15.4. The van der Waals surface area contributed by atoms with Crippen LogP contribution in [0.4, 0.5) is 11.9 Å². The second-order valence-corrected chi connectivity index (χ2v) is 7.87. The van der Waals surface area contributed by atoms with Gasteiger partial charge >= 0.3 is 0 Å². The zero-order valence-corrected chi connectivity index (χ0v) is 18.7. The van der Waals surface area contributed by atoms with E-state index in [-0.39, 0.29) is 5.95 Å². The van der Waals surface area contributed by atoms with Crippen LogP contribution in [0.5, 0.6) is 0 Å². The Morgan fingerprint density at radius 3 is 2.71 bits per heavy atom. The molecule has 0 bridgehead atoms. The minimum atomic E-state index is 0.192. The van der Waals surface area contributed by atoms with E-state index in [1.165, 1.54) is 4.52 Å². The van der Waals surface area contributed by atoms with Crippen LogP contribution in [0.25, 0.3) is 28.0 Å². The van der Waals surface area contributed by atoms with Gasteiger partial charge in [-0.25, -0.2) is 4.98 Å². The van der Waals surface area contributed by atoms with Gasteiger partial charge in [-0.2, -0.15) is 14.8 Å². The predicted octanol–water partition coefficient (Wildman–Crippen LogP) is 3.93. The Balaban J connectivity index is 1.68. The van der Waals surface area contributed by atoms with E-state index in [1.807, 2.05) is 50.2 Å². The molecule has 166 valence electrons. The molecule has 3 N–H and O–H groups in total. The number of nitrogens with one attached hydrogen (secondary N) is 1. The number of nitriles is 1. The lowest BCUT2D eigenvalue weighted by atomic mass is 9.97. The summed E-state index contributed by atoms with van der Waals surface area (Å²) in [7, 11) is 0. The van der Waals surface area contributed by atoms with Crippen molar-refractivity contribution in [3.05, 3.63) is 83.4 Å². The summed E-state index contributed by atoms with van der Waals surface area (Å²) < 4.78 is 1.53.